The number of benzene rings is 2. The van der Waals surface area contributed by atoms with Crippen molar-refractivity contribution in [1.29, 1.82) is 0 Å². The lowest BCUT2D eigenvalue weighted by molar-refractivity contribution is 0.585. The Morgan fingerprint density at radius 2 is 1.76 bits per heavy atom. The Bertz CT molecular complexity index is 1450. The molecule has 0 saturated carbocycles. The molecule has 0 saturated heterocycles. The molecule has 162 valence electrons. The summed E-state index contributed by atoms with van der Waals surface area (Å²) in [5, 5.41) is 4.14. The van der Waals surface area contributed by atoms with Crippen LogP contribution in [0.4, 0.5) is 14.6 Å². The third-order valence-corrected chi connectivity index (χ3v) is 5.24. The molecule has 5 nitrogen and oxygen atoms in total. The van der Waals surface area contributed by atoms with Gasteiger partial charge >= 0.3 is 0 Å². The maximum absolute atomic E-state index is 14.4. The van der Waals surface area contributed by atoms with Crippen LogP contribution in [-0.4, -0.2) is 19.9 Å². The number of aryl methyl sites for hydroxylation is 1. The normalized spacial score (nSPS) is 11.0. The number of hydrogen-bond donors (Lipinski definition) is 1. The van der Waals surface area contributed by atoms with E-state index in [0.29, 0.717) is 34.8 Å². The van der Waals surface area contributed by atoms with E-state index in [2.05, 4.69) is 15.3 Å². The minimum absolute atomic E-state index is 0.304. The lowest BCUT2D eigenvalue weighted by atomic mass is 10.0. The second-order valence-electron chi connectivity index (χ2n) is 7.62. The average Bonchev–Trinajstić information content (AvgIpc) is 2.82. The molecule has 3 heterocycles. The maximum atomic E-state index is 14.4. The summed E-state index contributed by atoms with van der Waals surface area (Å²) in [6.07, 6.45) is 3.37. The maximum Gasteiger partial charge on any atom is 0.163 e. The fraction of sp³-hybridized carbons (Fsp3) is 0.0769. The van der Waals surface area contributed by atoms with Gasteiger partial charge in [0.25, 0.3) is 0 Å². The van der Waals surface area contributed by atoms with Gasteiger partial charge in [-0.15, -0.1) is 0 Å². The van der Waals surface area contributed by atoms with Crippen molar-refractivity contribution in [2.24, 2.45) is 0 Å². The number of fused-ring (bicyclic) bond motifs is 1. The summed E-state index contributed by atoms with van der Waals surface area (Å²) in [7, 11) is 0. The Labute approximate surface area is 189 Å². The first-order valence-corrected chi connectivity index (χ1v) is 10.4. The highest BCUT2D eigenvalue weighted by molar-refractivity contribution is 5.93. The van der Waals surface area contributed by atoms with Gasteiger partial charge < -0.3 is 5.32 Å². The van der Waals surface area contributed by atoms with Crippen LogP contribution in [0.15, 0.2) is 79.1 Å². The van der Waals surface area contributed by atoms with Gasteiger partial charge in [-0.25, -0.2) is 18.7 Å². The van der Waals surface area contributed by atoms with Crippen molar-refractivity contribution in [1.82, 2.24) is 19.9 Å². The topological polar surface area (TPSA) is 63.6 Å². The van der Waals surface area contributed by atoms with E-state index < -0.39 is 11.6 Å². The van der Waals surface area contributed by atoms with E-state index >= 15 is 0 Å². The Hall–Kier alpha value is -4.26. The van der Waals surface area contributed by atoms with E-state index in [1.54, 1.807) is 24.5 Å². The van der Waals surface area contributed by atoms with Crippen LogP contribution in [-0.2, 0) is 6.54 Å². The van der Waals surface area contributed by atoms with Gasteiger partial charge in [0.1, 0.15) is 17.5 Å². The molecule has 33 heavy (non-hydrogen) atoms. The Morgan fingerprint density at radius 1 is 0.848 bits per heavy atom. The van der Waals surface area contributed by atoms with E-state index in [1.165, 1.54) is 12.1 Å². The molecular weight excluding hydrogens is 420 g/mol. The molecule has 1 N–H and O–H groups in total. The van der Waals surface area contributed by atoms with E-state index in [4.69, 9.17) is 9.97 Å². The molecule has 0 atom stereocenters. The van der Waals surface area contributed by atoms with Crippen molar-refractivity contribution < 1.29 is 8.78 Å². The molecule has 0 spiro atoms. The summed E-state index contributed by atoms with van der Waals surface area (Å²) in [5.74, 6) is -0.116. The van der Waals surface area contributed by atoms with Crippen molar-refractivity contribution in [3.8, 4) is 22.5 Å². The van der Waals surface area contributed by atoms with Gasteiger partial charge in [0.15, 0.2) is 5.82 Å². The number of pyridine rings is 2. The number of hydrogen-bond acceptors (Lipinski definition) is 5. The van der Waals surface area contributed by atoms with Crippen molar-refractivity contribution in [3.05, 3.63) is 102 Å². The summed E-state index contributed by atoms with van der Waals surface area (Å²) in [6.45, 7) is 2.43. The van der Waals surface area contributed by atoms with Crippen molar-refractivity contribution in [2.45, 2.75) is 13.5 Å². The molecule has 0 fully saturated rings. The van der Waals surface area contributed by atoms with Crippen LogP contribution in [0.1, 0.15) is 11.4 Å². The van der Waals surface area contributed by atoms with Gasteiger partial charge in [-0.3, -0.25) is 9.97 Å². The molecule has 0 aliphatic rings. The molecule has 0 aliphatic heterocycles. The van der Waals surface area contributed by atoms with Crippen molar-refractivity contribution >= 4 is 16.7 Å². The van der Waals surface area contributed by atoms with Crippen LogP contribution in [0.3, 0.4) is 0 Å². The number of halogens is 2. The minimum Gasteiger partial charge on any atom is -0.364 e. The molecule has 0 bridgehead atoms. The molecule has 0 amide bonds. The molecule has 2 aromatic carbocycles. The highest BCUT2D eigenvalue weighted by Crippen LogP contribution is 2.30. The molecule has 0 radical (unpaired) electrons. The standard InChI is InChI=1S/C26H19F2N5/c1-16-4-2-6-20(31-16)15-30-26-22-9-7-17(21-10-8-19(27)13-23(21)28)12-24(22)32-25(33-26)18-5-3-11-29-14-18/h2-14H,15H2,1H3,(H,30,32,33). The van der Waals surface area contributed by atoms with Gasteiger partial charge in [-0.2, -0.15) is 0 Å². The fourth-order valence-electron chi connectivity index (χ4n) is 3.65. The first-order chi connectivity index (χ1) is 16.1. The Kier molecular flexibility index (Phi) is 5.44. The van der Waals surface area contributed by atoms with E-state index in [1.807, 2.05) is 43.3 Å². The van der Waals surface area contributed by atoms with Crippen LogP contribution >= 0.6 is 0 Å². The van der Waals surface area contributed by atoms with Gasteiger partial charge in [-0.05, 0) is 61.0 Å². The smallest absolute Gasteiger partial charge is 0.163 e. The zero-order valence-electron chi connectivity index (χ0n) is 17.8. The number of anilines is 1. The number of aromatic nitrogens is 4. The van der Waals surface area contributed by atoms with Crippen LogP contribution < -0.4 is 5.32 Å². The zero-order chi connectivity index (χ0) is 22.8. The lowest BCUT2D eigenvalue weighted by Gasteiger charge is -2.12. The Balaban J connectivity index is 1.61. The fourth-order valence-corrected chi connectivity index (χ4v) is 3.65. The van der Waals surface area contributed by atoms with Crippen LogP contribution in [0.2, 0.25) is 0 Å². The van der Waals surface area contributed by atoms with Gasteiger partial charge in [0.2, 0.25) is 0 Å². The van der Waals surface area contributed by atoms with E-state index in [0.717, 1.165) is 28.4 Å². The van der Waals surface area contributed by atoms with Crippen molar-refractivity contribution in [2.75, 3.05) is 5.32 Å². The summed E-state index contributed by atoms with van der Waals surface area (Å²) >= 11 is 0. The second-order valence-corrected chi connectivity index (χ2v) is 7.62. The van der Waals surface area contributed by atoms with Gasteiger partial charge in [0.05, 0.1) is 17.8 Å². The van der Waals surface area contributed by atoms with E-state index in [-0.39, 0.29) is 0 Å². The van der Waals surface area contributed by atoms with E-state index in [9.17, 15) is 8.78 Å². The highest BCUT2D eigenvalue weighted by Gasteiger charge is 2.13. The van der Waals surface area contributed by atoms with Gasteiger partial charge in [0, 0.05) is 40.7 Å². The van der Waals surface area contributed by atoms with Crippen LogP contribution in [0, 0.1) is 18.6 Å². The average molecular weight is 439 g/mol. The first kappa shape index (κ1) is 20.6. The zero-order valence-corrected chi connectivity index (χ0v) is 17.8. The molecule has 3 aromatic heterocycles. The third kappa shape index (κ3) is 4.39. The number of nitrogens with one attached hydrogen (secondary N) is 1. The SMILES string of the molecule is Cc1cccc(CNc2nc(-c3cccnc3)nc3cc(-c4ccc(F)cc4F)ccc23)n1. The molecule has 5 aromatic rings. The minimum atomic E-state index is -0.625. The molecule has 0 aliphatic carbocycles. The summed E-state index contributed by atoms with van der Waals surface area (Å²) < 4.78 is 27.8. The number of rotatable bonds is 5. The molecule has 7 heteroatoms. The monoisotopic (exact) mass is 439 g/mol. The molecule has 5 rings (SSSR count). The van der Waals surface area contributed by atoms with Crippen molar-refractivity contribution in [3.63, 3.8) is 0 Å². The summed E-state index contributed by atoms with van der Waals surface area (Å²) in [6, 6.07) is 18.5. The first-order valence-electron chi connectivity index (χ1n) is 10.4. The van der Waals surface area contributed by atoms with Gasteiger partial charge in [-0.1, -0.05) is 12.1 Å². The molecule has 0 unspecified atom stereocenters. The summed E-state index contributed by atoms with van der Waals surface area (Å²) in [5.41, 5.74) is 4.11. The second kappa shape index (κ2) is 8.70. The van der Waals surface area contributed by atoms with Crippen LogP contribution in [0.25, 0.3) is 33.4 Å². The molecular formula is C26H19F2N5. The largest absolute Gasteiger partial charge is 0.364 e. The quantitative estimate of drug-likeness (QED) is 0.366. The Morgan fingerprint density at radius 3 is 2.55 bits per heavy atom. The predicted octanol–water partition coefficient (Wildman–Crippen LogP) is 5.95. The van der Waals surface area contributed by atoms with Crippen LogP contribution in [0.5, 0.6) is 0 Å². The number of nitrogens with zero attached hydrogens (tertiary/aromatic N) is 4. The predicted molar refractivity (Wildman–Crippen MR) is 124 cm³/mol. The lowest BCUT2D eigenvalue weighted by Crippen LogP contribution is -2.06. The highest BCUT2D eigenvalue weighted by atomic mass is 19.1. The third-order valence-electron chi connectivity index (χ3n) is 5.24. The summed E-state index contributed by atoms with van der Waals surface area (Å²) in [4.78, 5) is 18.1.